The van der Waals surface area contributed by atoms with E-state index in [2.05, 4.69) is 10.2 Å². The third-order valence-corrected chi connectivity index (χ3v) is 4.58. The summed E-state index contributed by atoms with van der Waals surface area (Å²) < 4.78 is 22.3. The Morgan fingerprint density at radius 3 is 2.69 bits per heavy atom. The summed E-state index contributed by atoms with van der Waals surface area (Å²) in [5, 5.41) is 4.59. The first-order valence-corrected chi connectivity index (χ1v) is 7.74. The van der Waals surface area contributed by atoms with Crippen LogP contribution in [0.3, 0.4) is 0 Å². The van der Waals surface area contributed by atoms with E-state index in [9.17, 15) is 8.42 Å². The molecule has 0 aromatic rings. The molecule has 0 aromatic heterocycles. The summed E-state index contributed by atoms with van der Waals surface area (Å²) in [4.78, 5) is 2.48. The number of sulfone groups is 1. The molecule has 0 saturated carbocycles. The number of hydrogen-bond donors (Lipinski definition) is 1. The Bertz CT molecular complexity index is 345. The SMILES string of the molecule is O=S1(=O)C=CC(NCCCN2CCCC2)C1. The highest BCUT2D eigenvalue weighted by Crippen LogP contribution is 2.09. The lowest BCUT2D eigenvalue weighted by Gasteiger charge is -2.15. The summed E-state index contributed by atoms with van der Waals surface area (Å²) in [7, 11) is -2.90. The van der Waals surface area contributed by atoms with Crippen molar-refractivity contribution in [3.63, 3.8) is 0 Å². The lowest BCUT2D eigenvalue weighted by atomic mass is 10.3. The molecule has 2 heterocycles. The van der Waals surface area contributed by atoms with Gasteiger partial charge in [-0.15, -0.1) is 0 Å². The molecule has 1 saturated heterocycles. The monoisotopic (exact) mass is 244 g/mol. The van der Waals surface area contributed by atoms with Crippen molar-refractivity contribution in [1.29, 1.82) is 0 Å². The molecule has 0 spiro atoms. The molecular formula is C11H20N2O2S. The standard InChI is InChI=1S/C11H20N2O2S/c14-16(15)9-4-11(10-16)12-5-3-8-13-6-1-2-7-13/h4,9,11-12H,1-3,5-8,10H2. The van der Waals surface area contributed by atoms with E-state index < -0.39 is 9.84 Å². The fourth-order valence-electron chi connectivity index (χ4n) is 2.30. The molecule has 1 fully saturated rings. The average molecular weight is 244 g/mol. The van der Waals surface area contributed by atoms with Crippen LogP contribution in [0.25, 0.3) is 0 Å². The van der Waals surface area contributed by atoms with Gasteiger partial charge in [0.15, 0.2) is 9.84 Å². The number of hydrogen-bond acceptors (Lipinski definition) is 4. The van der Waals surface area contributed by atoms with Gasteiger partial charge in [0, 0.05) is 11.4 Å². The van der Waals surface area contributed by atoms with Crippen LogP contribution in [0.4, 0.5) is 0 Å². The van der Waals surface area contributed by atoms with E-state index in [1.165, 1.54) is 31.3 Å². The Labute approximate surface area is 97.6 Å². The lowest BCUT2D eigenvalue weighted by molar-refractivity contribution is 0.330. The Balaban J connectivity index is 1.57. The fraction of sp³-hybridized carbons (Fsp3) is 0.818. The fourth-order valence-corrected chi connectivity index (χ4v) is 3.57. The van der Waals surface area contributed by atoms with E-state index in [0.29, 0.717) is 0 Å². The van der Waals surface area contributed by atoms with Gasteiger partial charge in [-0.05, 0) is 45.4 Å². The van der Waals surface area contributed by atoms with Gasteiger partial charge in [0.1, 0.15) is 0 Å². The van der Waals surface area contributed by atoms with Crippen LogP contribution in [0.1, 0.15) is 19.3 Å². The summed E-state index contributed by atoms with van der Waals surface area (Å²) in [6, 6.07) is 0.0311. The van der Waals surface area contributed by atoms with Crippen LogP contribution in [-0.2, 0) is 9.84 Å². The van der Waals surface area contributed by atoms with Crippen LogP contribution in [0, 0.1) is 0 Å². The molecular weight excluding hydrogens is 224 g/mol. The molecule has 0 amide bonds. The zero-order valence-electron chi connectivity index (χ0n) is 9.56. The van der Waals surface area contributed by atoms with E-state index in [4.69, 9.17) is 0 Å². The predicted octanol–water partition coefficient (Wildman–Crippen LogP) is 0.373. The molecule has 2 aliphatic rings. The van der Waals surface area contributed by atoms with Gasteiger partial charge in [-0.25, -0.2) is 8.42 Å². The van der Waals surface area contributed by atoms with Gasteiger partial charge in [0.05, 0.1) is 5.75 Å². The lowest BCUT2D eigenvalue weighted by Crippen LogP contribution is -2.32. The first-order valence-electron chi connectivity index (χ1n) is 6.02. The third kappa shape index (κ3) is 3.57. The van der Waals surface area contributed by atoms with Crippen molar-refractivity contribution in [2.24, 2.45) is 0 Å². The molecule has 2 rings (SSSR count). The largest absolute Gasteiger partial charge is 0.309 e. The topological polar surface area (TPSA) is 49.4 Å². The van der Waals surface area contributed by atoms with Crippen molar-refractivity contribution in [3.8, 4) is 0 Å². The van der Waals surface area contributed by atoms with Crippen LogP contribution < -0.4 is 5.32 Å². The first kappa shape index (κ1) is 12.1. The second-order valence-electron chi connectivity index (χ2n) is 4.62. The van der Waals surface area contributed by atoms with Gasteiger partial charge < -0.3 is 10.2 Å². The van der Waals surface area contributed by atoms with Crippen molar-refractivity contribution in [3.05, 3.63) is 11.5 Å². The Morgan fingerprint density at radius 1 is 1.31 bits per heavy atom. The summed E-state index contributed by atoms with van der Waals surface area (Å²) in [6.45, 7) is 4.51. The summed E-state index contributed by atoms with van der Waals surface area (Å²) in [5.41, 5.74) is 0. The van der Waals surface area contributed by atoms with E-state index in [0.717, 1.165) is 19.5 Å². The molecule has 92 valence electrons. The minimum atomic E-state index is -2.90. The maximum absolute atomic E-state index is 11.1. The molecule has 1 unspecified atom stereocenters. The van der Waals surface area contributed by atoms with Crippen LogP contribution in [-0.4, -0.2) is 51.3 Å². The van der Waals surface area contributed by atoms with E-state index in [-0.39, 0.29) is 11.8 Å². The molecule has 1 atom stereocenters. The summed E-state index contributed by atoms with van der Waals surface area (Å²) in [5.74, 6) is 0.233. The smallest absolute Gasteiger partial charge is 0.173 e. The van der Waals surface area contributed by atoms with Crippen molar-refractivity contribution in [1.82, 2.24) is 10.2 Å². The Morgan fingerprint density at radius 2 is 2.06 bits per heavy atom. The molecule has 16 heavy (non-hydrogen) atoms. The number of nitrogens with zero attached hydrogens (tertiary/aromatic N) is 1. The van der Waals surface area contributed by atoms with Gasteiger partial charge in [-0.3, -0.25) is 0 Å². The zero-order valence-corrected chi connectivity index (χ0v) is 10.4. The van der Waals surface area contributed by atoms with Gasteiger partial charge in [-0.1, -0.05) is 6.08 Å². The van der Waals surface area contributed by atoms with E-state index in [1.54, 1.807) is 6.08 Å². The molecule has 1 N–H and O–H groups in total. The van der Waals surface area contributed by atoms with Gasteiger partial charge in [0.25, 0.3) is 0 Å². The highest BCUT2D eigenvalue weighted by atomic mass is 32.2. The van der Waals surface area contributed by atoms with E-state index >= 15 is 0 Å². The number of likely N-dealkylation sites (tertiary alicyclic amines) is 1. The highest BCUT2D eigenvalue weighted by Gasteiger charge is 2.20. The van der Waals surface area contributed by atoms with Gasteiger partial charge in [-0.2, -0.15) is 0 Å². The molecule has 0 radical (unpaired) electrons. The maximum atomic E-state index is 11.1. The van der Waals surface area contributed by atoms with Crippen LogP contribution in [0.5, 0.6) is 0 Å². The highest BCUT2D eigenvalue weighted by molar-refractivity contribution is 7.94. The molecule has 2 aliphatic heterocycles. The quantitative estimate of drug-likeness (QED) is 0.710. The number of rotatable bonds is 5. The predicted molar refractivity (Wildman–Crippen MR) is 65.0 cm³/mol. The van der Waals surface area contributed by atoms with Crippen molar-refractivity contribution in [2.45, 2.75) is 25.3 Å². The average Bonchev–Trinajstić information content (AvgIpc) is 2.82. The molecule has 0 bridgehead atoms. The van der Waals surface area contributed by atoms with Crippen LogP contribution in [0.15, 0.2) is 11.5 Å². The zero-order chi connectivity index (χ0) is 11.4. The molecule has 5 heteroatoms. The summed E-state index contributed by atoms with van der Waals surface area (Å²) in [6.07, 6.45) is 5.52. The molecule has 4 nitrogen and oxygen atoms in total. The Kier molecular flexibility index (Phi) is 4.00. The minimum absolute atomic E-state index is 0.0311. The van der Waals surface area contributed by atoms with Crippen molar-refractivity contribution < 1.29 is 8.42 Å². The maximum Gasteiger partial charge on any atom is 0.173 e. The van der Waals surface area contributed by atoms with E-state index in [1.807, 2.05) is 0 Å². The van der Waals surface area contributed by atoms with Crippen LogP contribution in [0.2, 0.25) is 0 Å². The number of nitrogens with one attached hydrogen (secondary N) is 1. The third-order valence-electron chi connectivity index (χ3n) is 3.19. The summed E-state index contributed by atoms with van der Waals surface area (Å²) >= 11 is 0. The van der Waals surface area contributed by atoms with Crippen LogP contribution >= 0.6 is 0 Å². The van der Waals surface area contributed by atoms with Crippen molar-refractivity contribution in [2.75, 3.05) is 31.9 Å². The second kappa shape index (κ2) is 5.29. The normalized spacial score (nSPS) is 28.9. The van der Waals surface area contributed by atoms with Gasteiger partial charge in [0.2, 0.25) is 0 Å². The first-order chi connectivity index (χ1) is 7.66. The van der Waals surface area contributed by atoms with Crippen molar-refractivity contribution >= 4 is 9.84 Å². The molecule has 0 aromatic carbocycles. The van der Waals surface area contributed by atoms with Gasteiger partial charge >= 0.3 is 0 Å². The molecule has 0 aliphatic carbocycles. The second-order valence-corrected chi connectivity index (χ2v) is 6.55. The Hall–Kier alpha value is -0.390. The minimum Gasteiger partial charge on any atom is -0.309 e.